The average molecular weight is 173 g/mol. The fourth-order valence-electron chi connectivity index (χ4n) is 0.652. The van der Waals surface area contributed by atoms with Crippen LogP contribution in [0.4, 0.5) is 0 Å². The summed E-state index contributed by atoms with van der Waals surface area (Å²) in [6.07, 6.45) is 1.66. The summed E-state index contributed by atoms with van der Waals surface area (Å²) in [5.74, 6) is 0. The van der Waals surface area contributed by atoms with Gasteiger partial charge in [0.1, 0.15) is 0 Å². The summed E-state index contributed by atoms with van der Waals surface area (Å²) >= 11 is 1.35. The van der Waals surface area contributed by atoms with E-state index in [1.807, 2.05) is 5.38 Å². The summed E-state index contributed by atoms with van der Waals surface area (Å²) in [6.45, 7) is 3.83. The van der Waals surface area contributed by atoms with Gasteiger partial charge in [-0.1, -0.05) is 4.49 Å². The minimum atomic E-state index is 0.889. The standard InChI is InChI=1S/C4H9NO.C2H2N2S/c1-3-6-4-2-5-1;1-2-5-4-3-1/h5H,1-4H2;1-2H. The fourth-order valence-corrected chi connectivity index (χ4v) is 0.924. The number of rotatable bonds is 0. The van der Waals surface area contributed by atoms with E-state index in [1.54, 1.807) is 6.20 Å². The van der Waals surface area contributed by atoms with Crippen molar-refractivity contribution in [3.63, 3.8) is 0 Å². The van der Waals surface area contributed by atoms with E-state index in [4.69, 9.17) is 4.74 Å². The van der Waals surface area contributed by atoms with E-state index in [2.05, 4.69) is 14.9 Å². The third kappa shape index (κ3) is 4.83. The van der Waals surface area contributed by atoms with Gasteiger partial charge in [-0.05, 0) is 11.5 Å². The van der Waals surface area contributed by atoms with E-state index in [0.29, 0.717) is 0 Å². The molecule has 0 aromatic carbocycles. The molecule has 5 heteroatoms. The molecule has 62 valence electrons. The van der Waals surface area contributed by atoms with E-state index >= 15 is 0 Å². The first kappa shape index (κ1) is 8.58. The molecule has 0 amide bonds. The maximum absolute atomic E-state index is 5.01. The zero-order valence-electron chi connectivity index (χ0n) is 6.19. The van der Waals surface area contributed by atoms with E-state index < -0.39 is 0 Å². The predicted octanol–water partition coefficient (Wildman–Crippen LogP) is 0.144. The van der Waals surface area contributed by atoms with Gasteiger partial charge in [0.2, 0.25) is 0 Å². The molecule has 2 heterocycles. The molecule has 0 spiro atoms. The van der Waals surface area contributed by atoms with Crippen molar-refractivity contribution in [2.45, 2.75) is 0 Å². The fraction of sp³-hybridized carbons (Fsp3) is 0.667. The topological polar surface area (TPSA) is 47.0 Å². The van der Waals surface area contributed by atoms with Crippen LogP contribution in [0, 0.1) is 0 Å². The van der Waals surface area contributed by atoms with Crippen LogP contribution in [0.1, 0.15) is 0 Å². The Labute approximate surface area is 69.7 Å². The number of hydrogen-bond acceptors (Lipinski definition) is 5. The Morgan fingerprint density at radius 3 is 2.36 bits per heavy atom. The lowest BCUT2D eigenvalue weighted by Gasteiger charge is -2.10. The maximum Gasteiger partial charge on any atom is 0.0620 e. The van der Waals surface area contributed by atoms with E-state index in [-0.39, 0.29) is 0 Å². The van der Waals surface area contributed by atoms with Crippen LogP contribution in [-0.2, 0) is 4.74 Å². The second-order valence-electron chi connectivity index (χ2n) is 1.95. The van der Waals surface area contributed by atoms with Crippen LogP contribution in [0.3, 0.4) is 0 Å². The normalized spacial score (nSPS) is 16.7. The summed E-state index contributed by atoms with van der Waals surface area (Å²) in [7, 11) is 0. The quantitative estimate of drug-likeness (QED) is 0.606. The Bertz CT molecular complexity index is 124. The SMILES string of the molecule is C1COCCN1.c1csnn1. The van der Waals surface area contributed by atoms with Crippen molar-refractivity contribution < 1.29 is 4.74 Å². The highest BCUT2D eigenvalue weighted by molar-refractivity contribution is 7.03. The van der Waals surface area contributed by atoms with Crippen molar-refractivity contribution in [1.29, 1.82) is 0 Å². The van der Waals surface area contributed by atoms with Crippen LogP contribution in [0.15, 0.2) is 11.6 Å². The summed E-state index contributed by atoms with van der Waals surface area (Å²) < 4.78 is 8.52. The number of hydrogen-bond donors (Lipinski definition) is 1. The van der Waals surface area contributed by atoms with Crippen molar-refractivity contribution in [3.8, 4) is 0 Å². The van der Waals surface area contributed by atoms with Gasteiger partial charge in [0, 0.05) is 18.5 Å². The van der Waals surface area contributed by atoms with E-state index in [9.17, 15) is 0 Å². The summed E-state index contributed by atoms with van der Waals surface area (Å²) in [4.78, 5) is 0. The van der Waals surface area contributed by atoms with Gasteiger partial charge in [-0.3, -0.25) is 0 Å². The maximum atomic E-state index is 5.01. The first-order valence-corrected chi connectivity index (χ1v) is 4.33. The molecule has 0 unspecified atom stereocenters. The van der Waals surface area contributed by atoms with E-state index in [1.165, 1.54) is 11.5 Å². The van der Waals surface area contributed by atoms with Crippen molar-refractivity contribution >= 4 is 11.5 Å². The molecule has 0 atom stereocenters. The minimum Gasteiger partial charge on any atom is -0.379 e. The third-order valence-electron chi connectivity index (χ3n) is 1.13. The zero-order chi connectivity index (χ0) is 7.78. The van der Waals surface area contributed by atoms with Crippen LogP contribution in [0.2, 0.25) is 0 Å². The molecule has 1 aliphatic rings. The largest absolute Gasteiger partial charge is 0.379 e. The molecule has 0 aliphatic carbocycles. The smallest absolute Gasteiger partial charge is 0.0620 e. The molecule has 0 saturated carbocycles. The first-order chi connectivity index (χ1) is 5.50. The highest BCUT2D eigenvalue weighted by Crippen LogP contribution is 1.78. The average Bonchev–Trinajstić information content (AvgIpc) is 2.64. The number of aromatic nitrogens is 2. The molecule has 1 saturated heterocycles. The Morgan fingerprint density at radius 2 is 2.18 bits per heavy atom. The highest BCUT2D eigenvalue weighted by Gasteiger charge is 1.92. The molecule has 1 aromatic rings. The van der Waals surface area contributed by atoms with Gasteiger partial charge in [-0.2, -0.15) is 0 Å². The van der Waals surface area contributed by atoms with Crippen LogP contribution in [0.5, 0.6) is 0 Å². The van der Waals surface area contributed by atoms with Gasteiger partial charge in [0.15, 0.2) is 0 Å². The number of nitrogens with zero attached hydrogens (tertiary/aromatic N) is 2. The lowest BCUT2D eigenvalue weighted by molar-refractivity contribution is 0.109. The summed E-state index contributed by atoms with van der Waals surface area (Å²) in [5.41, 5.74) is 0. The van der Waals surface area contributed by atoms with Crippen molar-refractivity contribution in [3.05, 3.63) is 11.6 Å². The molecule has 0 radical (unpaired) electrons. The molecule has 1 fully saturated rings. The molecule has 1 aliphatic heterocycles. The summed E-state index contributed by atoms with van der Waals surface area (Å²) in [6, 6.07) is 0. The van der Waals surface area contributed by atoms with Gasteiger partial charge in [0.25, 0.3) is 0 Å². The van der Waals surface area contributed by atoms with Crippen molar-refractivity contribution in [2.75, 3.05) is 26.3 Å². The second kappa shape index (κ2) is 6.21. The van der Waals surface area contributed by atoms with Crippen molar-refractivity contribution in [1.82, 2.24) is 14.9 Å². The van der Waals surface area contributed by atoms with Crippen molar-refractivity contribution in [2.24, 2.45) is 0 Å². The van der Waals surface area contributed by atoms with Crippen LogP contribution < -0.4 is 5.32 Å². The van der Waals surface area contributed by atoms with Crippen LogP contribution >= 0.6 is 11.5 Å². The predicted molar refractivity (Wildman–Crippen MR) is 43.6 cm³/mol. The van der Waals surface area contributed by atoms with Gasteiger partial charge >= 0.3 is 0 Å². The minimum absolute atomic E-state index is 0.889. The molecule has 11 heavy (non-hydrogen) atoms. The zero-order valence-corrected chi connectivity index (χ0v) is 7.01. The van der Waals surface area contributed by atoms with Gasteiger partial charge in [-0.15, -0.1) is 5.10 Å². The number of ether oxygens (including phenoxy) is 1. The monoisotopic (exact) mass is 173 g/mol. The van der Waals surface area contributed by atoms with Gasteiger partial charge < -0.3 is 10.1 Å². The Balaban J connectivity index is 0.000000112. The lowest BCUT2D eigenvalue weighted by atomic mass is 10.5. The van der Waals surface area contributed by atoms with Crippen LogP contribution in [-0.4, -0.2) is 35.9 Å². The molecular weight excluding hydrogens is 162 g/mol. The van der Waals surface area contributed by atoms with Crippen LogP contribution in [0.25, 0.3) is 0 Å². The Hall–Kier alpha value is -0.520. The van der Waals surface area contributed by atoms with Gasteiger partial charge in [0.05, 0.1) is 19.4 Å². The Morgan fingerprint density at radius 1 is 1.36 bits per heavy atom. The lowest BCUT2D eigenvalue weighted by Crippen LogP contribution is -2.30. The summed E-state index contributed by atoms with van der Waals surface area (Å²) in [5, 5.41) is 8.47. The van der Waals surface area contributed by atoms with E-state index in [0.717, 1.165) is 26.3 Å². The third-order valence-corrected chi connectivity index (χ3v) is 1.56. The number of nitrogens with one attached hydrogen (secondary N) is 1. The molecule has 0 bridgehead atoms. The first-order valence-electron chi connectivity index (χ1n) is 3.49. The highest BCUT2D eigenvalue weighted by atomic mass is 32.1. The molecule has 1 aromatic heterocycles. The molecule has 2 rings (SSSR count). The Kier molecular flexibility index (Phi) is 4.84. The number of morpholine rings is 1. The van der Waals surface area contributed by atoms with Gasteiger partial charge in [-0.25, -0.2) is 0 Å². The molecule has 1 N–H and O–H groups in total. The second-order valence-corrected chi connectivity index (χ2v) is 2.60. The molecule has 4 nitrogen and oxygen atoms in total. The molecular formula is C6H11N3OS.